The Bertz CT molecular complexity index is 902. The fourth-order valence-electron chi connectivity index (χ4n) is 3.51. The zero-order valence-corrected chi connectivity index (χ0v) is 17.5. The zero-order chi connectivity index (χ0) is 20.6. The number of hydrogen-bond donors (Lipinski definition) is 1. The molecule has 1 amide bonds. The third-order valence-electron chi connectivity index (χ3n) is 5.10. The summed E-state index contributed by atoms with van der Waals surface area (Å²) in [5.74, 6) is 0.617. The summed E-state index contributed by atoms with van der Waals surface area (Å²) in [4.78, 5) is 18.8. The van der Waals surface area contributed by atoms with E-state index in [1.807, 2.05) is 30.5 Å². The molecule has 0 bridgehead atoms. The standard InChI is InChI=1S/C22H26N4O2S/c1-16-20-6-5-19(28-11-4-2-3-8-23)13-17(20)7-10-26(16)22(27)18(15-24)14-21-25-9-12-29-21/h5-6,9,12-14,16H,2-4,7-8,10-11,23H2,1H3. The number of thiazole rings is 1. The number of ether oxygens (including phenoxy) is 1. The fourth-order valence-corrected chi connectivity index (χ4v) is 4.08. The monoisotopic (exact) mass is 410 g/mol. The van der Waals surface area contributed by atoms with Gasteiger partial charge in [-0.25, -0.2) is 4.98 Å². The van der Waals surface area contributed by atoms with Crippen LogP contribution < -0.4 is 10.5 Å². The molecule has 0 fully saturated rings. The molecular formula is C22H26N4O2S. The summed E-state index contributed by atoms with van der Waals surface area (Å²) in [5, 5.41) is 12.0. The number of aromatic nitrogens is 1. The Balaban J connectivity index is 1.68. The molecule has 0 saturated heterocycles. The molecular weight excluding hydrogens is 384 g/mol. The van der Waals surface area contributed by atoms with Gasteiger partial charge in [-0.2, -0.15) is 5.26 Å². The molecule has 3 rings (SSSR count). The van der Waals surface area contributed by atoms with Crippen molar-refractivity contribution in [3.63, 3.8) is 0 Å². The van der Waals surface area contributed by atoms with E-state index < -0.39 is 0 Å². The highest BCUT2D eigenvalue weighted by molar-refractivity contribution is 7.10. The number of amides is 1. The van der Waals surface area contributed by atoms with E-state index in [0.29, 0.717) is 18.2 Å². The SMILES string of the molecule is CC1c2ccc(OCCCCCN)cc2CCN1C(=O)C(C#N)=Cc1nccs1. The van der Waals surface area contributed by atoms with Crippen molar-refractivity contribution < 1.29 is 9.53 Å². The molecule has 1 aliphatic heterocycles. The first-order chi connectivity index (χ1) is 14.1. The van der Waals surface area contributed by atoms with E-state index >= 15 is 0 Å². The lowest BCUT2D eigenvalue weighted by molar-refractivity contribution is -0.129. The number of benzene rings is 1. The molecule has 1 aromatic carbocycles. The van der Waals surface area contributed by atoms with Crippen molar-refractivity contribution >= 4 is 23.3 Å². The van der Waals surface area contributed by atoms with Crippen molar-refractivity contribution in [1.82, 2.24) is 9.88 Å². The minimum Gasteiger partial charge on any atom is -0.494 e. The second-order valence-corrected chi connectivity index (χ2v) is 7.95. The van der Waals surface area contributed by atoms with Gasteiger partial charge >= 0.3 is 0 Å². The van der Waals surface area contributed by atoms with E-state index in [2.05, 4.69) is 11.1 Å². The number of carbonyl (C=O) groups is 1. The highest BCUT2D eigenvalue weighted by Crippen LogP contribution is 2.33. The van der Waals surface area contributed by atoms with Gasteiger partial charge in [0.15, 0.2) is 0 Å². The average molecular weight is 411 g/mol. The van der Waals surface area contributed by atoms with Gasteiger partial charge in [0.25, 0.3) is 5.91 Å². The van der Waals surface area contributed by atoms with Gasteiger partial charge in [-0.05, 0) is 68.5 Å². The van der Waals surface area contributed by atoms with Crippen LogP contribution in [0.4, 0.5) is 0 Å². The Morgan fingerprint density at radius 1 is 1.45 bits per heavy atom. The molecule has 1 aromatic heterocycles. The van der Waals surface area contributed by atoms with Gasteiger partial charge in [-0.15, -0.1) is 11.3 Å². The number of carbonyl (C=O) groups excluding carboxylic acids is 1. The first-order valence-electron chi connectivity index (χ1n) is 9.92. The minimum absolute atomic E-state index is 0.0992. The van der Waals surface area contributed by atoms with Gasteiger partial charge in [0.1, 0.15) is 22.4 Å². The van der Waals surface area contributed by atoms with Crippen LogP contribution in [0.3, 0.4) is 0 Å². The van der Waals surface area contributed by atoms with Gasteiger partial charge in [-0.3, -0.25) is 4.79 Å². The minimum atomic E-state index is -0.249. The summed E-state index contributed by atoms with van der Waals surface area (Å²) < 4.78 is 5.86. The quantitative estimate of drug-likeness (QED) is 0.407. The second-order valence-electron chi connectivity index (χ2n) is 7.02. The van der Waals surface area contributed by atoms with Crippen LogP contribution in [0.2, 0.25) is 0 Å². The third kappa shape index (κ3) is 5.22. The van der Waals surface area contributed by atoms with Crippen LogP contribution in [-0.4, -0.2) is 35.5 Å². The van der Waals surface area contributed by atoms with Crippen LogP contribution in [0.1, 0.15) is 48.4 Å². The van der Waals surface area contributed by atoms with Gasteiger partial charge in [0, 0.05) is 18.1 Å². The molecule has 1 aliphatic rings. The fraction of sp³-hybridized carbons (Fsp3) is 0.409. The molecule has 2 heterocycles. The van der Waals surface area contributed by atoms with Crippen LogP contribution in [0.15, 0.2) is 35.3 Å². The Labute approximate surface area is 175 Å². The van der Waals surface area contributed by atoms with Crippen LogP contribution >= 0.6 is 11.3 Å². The molecule has 1 unspecified atom stereocenters. The zero-order valence-electron chi connectivity index (χ0n) is 16.6. The molecule has 7 heteroatoms. The Kier molecular flexibility index (Phi) is 7.39. The Morgan fingerprint density at radius 3 is 3.03 bits per heavy atom. The average Bonchev–Trinajstić information content (AvgIpc) is 3.25. The molecule has 6 nitrogen and oxygen atoms in total. The smallest absolute Gasteiger partial charge is 0.265 e. The van der Waals surface area contributed by atoms with Crippen molar-refractivity contribution in [1.29, 1.82) is 5.26 Å². The maximum absolute atomic E-state index is 12.9. The van der Waals surface area contributed by atoms with Gasteiger partial charge in [0.2, 0.25) is 0 Å². The number of unbranched alkanes of at least 4 members (excludes halogenated alkanes) is 2. The van der Waals surface area contributed by atoms with Crippen molar-refractivity contribution in [3.8, 4) is 11.8 Å². The number of fused-ring (bicyclic) bond motifs is 1. The molecule has 1 atom stereocenters. The maximum atomic E-state index is 12.9. The number of rotatable bonds is 8. The maximum Gasteiger partial charge on any atom is 0.265 e. The molecule has 2 aromatic rings. The van der Waals surface area contributed by atoms with Crippen molar-refractivity contribution in [3.05, 3.63) is 51.5 Å². The molecule has 2 N–H and O–H groups in total. The lowest BCUT2D eigenvalue weighted by Gasteiger charge is -2.35. The third-order valence-corrected chi connectivity index (χ3v) is 5.82. The molecule has 0 aliphatic carbocycles. The molecule has 0 radical (unpaired) electrons. The lowest BCUT2D eigenvalue weighted by Crippen LogP contribution is -2.39. The summed E-state index contributed by atoms with van der Waals surface area (Å²) in [7, 11) is 0. The first kappa shape index (κ1) is 21.0. The Morgan fingerprint density at radius 2 is 2.31 bits per heavy atom. The van der Waals surface area contributed by atoms with Gasteiger partial charge < -0.3 is 15.4 Å². The normalized spacial score (nSPS) is 16.2. The predicted molar refractivity (Wildman–Crippen MR) is 114 cm³/mol. The van der Waals surface area contributed by atoms with Gasteiger partial charge in [-0.1, -0.05) is 6.07 Å². The van der Waals surface area contributed by atoms with Crippen molar-refractivity contribution in [2.75, 3.05) is 19.7 Å². The highest BCUT2D eigenvalue weighted by atomic mass is 32.1. The van der Waals surface area contributed by atoms with E-state index in [9.17, 15) is 10.1 Å². The van der Waals surface area contributed by atoms with Crippen LogP contribution in [0.5, 0.6) is 5.75 Å². The van der Waals surface area contributed by atoms with E-state index in [-0.39, 0.29) is 17.5 Å². The summed E-state index contributed by atoms with van der Waals surface area (Å²) in [6.07, 6.45) is 7.06. The summed E-state index contributed by atoms with van der Waals surface area (Å²) in [6.45, 7) is 3.98. The highest BCUT2D eigenvalue weighted by Gasteiger charge is 2.29. The lowest BCUT2D eigenvalue weighted by atomic mass is 9.92. The number of nitrogens with zero attached hydrogens (tertiary/aromatic N) is 3. The van der Waals surface area contributed by atoms with Crippen LogP contribution in [0.25, 0.3) is 6.08 Å². The van der Waals surface area contributed by atoms with E-state index in [4.69, 9.17) is 10.5 Å². The molecule has 0 saturated carbocycles. The number of nitriles is 1. The second kappa shape index (κ2) is 10.2. The topological polar surface area (TPSA) is 92.2 Å². The predicted octanol–water partition coefficient (Wildman–Crippen LogP) is 3.70. The van der Waals surface area contributed by atoms with Crippen molar-refractivity contribution in [2.24, 2.45) is 5.73 Å². The van der Waals surface area contributed by atoms with E-state index in [1.54, 1.807) is 17.2 Å². The summed E-state index contributed by atoms with van der Waals surface area (Å²) >= 11 is 1.40. The first-order valence-corrected chi connectivity index (χ1v) is 10.8. The Hall–Kier alpha value is -2.69. The van der Waals surface area contributed by atoms with Crippen LogP contribution in [-0.2, 0) is 11.2 Å². The summed E-state index contributed by atoms with van der Waals surface area (Å²) in [6, 6.07) is 8.01. The molecule has 29 heavy (non-hydrogen) atoms. The number of nitrogens with two attached hydrogens (primary N) is 1. The van der Waals surface area contributed by atoms with Crippen molar-refractivity contribution in [2.45, 2.75) is 38.6 Å². The van der Waals surface area contributed by atoms with E-state index in [1.165, 1.54) is 16.9 Å². The van der Waals surface area contributed by atoms with Crippen LogP contribution in [0, 0.1) is 11.3 Å². The van der Waals surface area contributed by atoms with E-state index in [0.717, 1.165) is 43.5 Å². The van der Waals surface area contributed by atoms with Gasteiger partial charge in [0.05, 0.1) is 12.6 Å². The largest absolute Gasteiger partial charge is 0.494 e. The molecule has 152 valence electrons. The molecule has 0 spiro atoms. The summed E-state index contributed by atoms with van der Waals surface area (Å²) in [5.41, 5.74) is 7.93. The number of hydrogen-bond acceptors (Lipinski definition) is 6.